The van der Waals surface area contributed by atoms with Crippen molar-refractivity contribution in [1.29, 1.82) is 0 Å². The number of hydrogen-bond donors (Lipinski definition) is 0. The molecule has 0 spiro atoms. The maximum absolute atomic E-state index is 13.5. The molecule has 152 valence electrons. The van der Waals surface area contributed by atoms with Crippen molar-refractivity contribution in [3.63, 3.8) is 0 Å². The van der Waals surface area contributed by atoms with Crippen molar-refractivity contribution in [3.8, 4) is 22.8 Å². The summed E-state index contributed by atoms with van der Waals surface area (Å²) in [7, 11) is 3.13. The molecule has 0 aliphatic carbocycles. The number of carbonyl (C=O) groups excluding carboxylic acids is 1. The molecule has 0 aliphatic heterocycles. The first-order valence-corrected chi connectivity index (χ1v) is 9.31. The summed E-state index contributed by atoms with van der Waals surface area (Å²) in [6.07, 6.45) is 2.59. The van der Waals surface area contributed by atoms with Crippen molar-refractivity contribution in [3.05, 3.63) is 78.2 Å². The smallest absolute Gasteiger partial charge is 0.215 e. The second-order valence-corrected chi connectivity index (χ2v) is 6.61. The summed E-state index contributed by atoms with van der Waals surface area (Å²) >= 11 is 0. The molecule has 30 heavy (non-hydrogen) atoms. The molecule has 0 unspecified atom stereocenters. The second-order valence-electron chi connectivity index (χ2n) is 6.61. The van der Waals surface area contributed by atoms with Crippen LogP contribution in [0.25, 0.3) is 16.9 Å². The van der Waals surface area contributed by atoms with Crippen LogP contribution in [0.4, 0.5) is 10.2 Å². The van der Waals surface area contributed by atoms with Gasteiger partial charge in [-0.25, -0.2) is 9.37 Å². The molecule has 2 heterocycles. The zero-order valence-corrected chi connectivity index (χ0v) is 16.6. The number of benzene rings is 2. The number of anilines is 1. The average molecular weight is 405 g/mol. The normalized spacial score (nSPS) is 10.8. The molecule has 7 heteroatoms. The Balaban J connectivity index is 1.86. The summed E-state index contributed by atoms with van der Waals surface area (Å²) in [5.74, 6) is 1.39. The predicted octanol–water partition coefficient (Wildman–Crippen LogP) is 4.32. The second kappa shape index (κ2) is 8.24. The average Bonchev–Trinajstić information content (AvgIpc) is 3.17. The molecule has 6 nitrogen and oxygen atoms in total. The number of ether oxygens (including phenoxy) is 2. The van der Waals surface area contributed by atoms with E-state index in [0.717, 1.165) is 12.0 Å². The summed E-state index contributed by atoms with van der Waals surface area (Å²) < 4.78 is 26.2. The maximum Gasteiger partial charge on any atom is 0.215 e. The molecule has 0 radical (unpaired) electrons. The number of hydrogen-bond acceptors (Lipinski definition) is 4. The lowest BCUT2D eigenvalue weighted by atomic mass is 10.1. The third kappa shape index (κ3) is 3.45. The van der Waals surface area contributed by atoms with E-state index in [2.05, 4.69) is 4.98 Å². The third-order valence-corrected chi connectivity index (χ3v) is 4.85. The molecule has 0 bridgehead atoms. The van der Waals surface area contributed by atoms with Gasteiger partial charge >= 0.3 is 0 Å². The Kier molecular flexibility index (Phi) is 5.34. The van der Waals surface area contributed by atoms with Gasteiger partial charge in [0.25, 0.3) is 0 Å². The van der Waals surface area contributed by atoms with Gasteiger partial charge in [0.15, 0.2) is 11.5 Å². The minimum Gasteiger partial charge on any atom is -0.493 e. The molecule has 0 atom stereocenters. The van der Waals surface area contributed by atoms with E-state index >= 15 is 0 Å². The number of methoxy groups -OCH3 is 2. The van der Waals surface area contributed by atoms with Crippen LogP contribution in [0.1, 0.15) is 5.56 Å². The molecule has 1 amide bonds. The highest BCUT2D eigenvalue weighted by molar-refractivity contribution is 5.86. The molecule has 0 saturated heterocycles. The lowest BCUT2D eigenvalue weighted by Gasteiger charge is -2.21. The van der Waals surface area contributed by atoms with Gasteiger partial charge in [-0.15, -0.1) is 0 Å². The first-order valence-electron chi connectivity index (χ1n) is 9.31. The number of amides is 1. The van der Waals surface area contributed by atoms with E-state index in [0.29, 0.717) is 34.2 Å². The molecule has 4 rings (SSSR count). The number of fused-ring (bicyclic) bond motifs is 1. The third-order valence-electron chi connectivity index (χ3n) is 4.85. The topological polar surface area (TPSA) is 56.1 Å². The fraction of sp³-hybridized carbons (Fsp3) is 0.130. The van der Waals surface area contributed by atoms with Crippen LogP contribution in [0.5, 0.6) is 11.5 Å². The summed E-state index contributed by atoms with van der Waals surface area (Å²) in [4.78, 5) is 18.4. The van der Waals surface area contributed by atoms with Gasteiger partial charge in [0.05, 0.1) is 20.8 Å². The van der Waals surface area contributed by atoms with Gasteiger partial charge < -0.3 is 9.47 Å². The Morgan fingerprint density at radius 3 is 2.53 bits per heavy atom. The fourth-order valence-electron chi connectivity index (χ4n) is 3.48. The van der Waals surface area contributed by atoms with E-state index < -0.39 is 0 Å². The van der Waals surface area contributed by atoms with Crippen LogP contribution < -0.4 is 14.4 Å². The summed E-state index contributed by atoms with van der Waals surface area (Å²) in [5.41, 5.74) is 2.74. The Hall–Kier alpha value is -3.87. The Morgan fingerprint density at radius 1 is 1.03 bits per heavy atom. The standard InChI is InChI=1S/C23H20FN3O3/c1-29-19-7-5-6-17(22(19)30-2)14-26(15-28)23-21(16-9-11-18(24)12-10-16)25-20-8-3-4-13-27(20)23/h3-13,15H,14H2,1-2H3. The quantitative estimate of drug-likeness (QED) is 0.430. The number of carbonyl (C=O) groups is 1. The van der Waals surface area contributed by atoms with Gasteiger partial charge in [-0.2, -0.15) is 0 Å². The van der Waals surface area contributed by atoms with Gasteiger partial charge in [0, 0.05) is 17.3 Å². The molecule has 0 N–H and O–H groups in total. The van der Waals surface area contributed by atoms with E-state index in [-0.39, 0.29) is 12.4 Å². The van der Waals surface area contributed by atoms with Crippen LogP contribution in [-0.4, -0.2) is 30.0 Å². The molecular formula is C23H20FN3O3. The Labute approximate surface area is 173 Å². The fourth-order valence-corrected chi connectivity index (χ4v) is 3.48. The SMILES string of the molecule is COc1cccc(CN(C=O)c2c(-c3ccc(F)cc3)nc3ccccn23)c1OC. The molecule has 0 fully saturated rings. The molecule has 2 aromatic heterocycles. The maximum atomic E-state index is 13.5. The predicted molar refractivity (Wildman–Crippen MR) is 112 cm³/mol. The van der Waals surface area contributed by atoms with Crippen molar-refractivity contribution in [2.45, 2.75) is 6.54 Å². The minimum atomic E-state index is -0.336. The highest BCUT2D eigenvalue weighted by atomic mass is 19.1. The monoisotopic (exact) mass is 405 g/mol. The van der Waals surface area contributed by atoms with Crippen molar-refractivity contribution < 1.29 is 18.7 Å². The molecule has 2 aromatic carbocycles. The van der Waals surface area contributed by atoms with Gasteiger partial charge in [-0.3, -0.25) is 14.1 Å². The minimum absolute atomic E-state index is 0.237. The lowest BCUT2D eigenvalue weighted by Crippen LogP contribution is -2.23. The highest BCUT2D eigenvalue weighted by Crippen LogP contribution is 2.35. The van der Waals surface area contributed by atoms with Gasteiger partial charge in [-0.1, -0.05) is 18.2 Å². The number of aromatic nitrogens is 2. The van der Waals surface area contributed by atoms with Gasteiger partial charge in [0.2, 0.25) is 6.41 Å². The van der Waals surface area contributed by atoms with Crippen LogP contribution in [0.2, 0.25) is 0 Å². The van der Waals surface area contributed by atoms with Crippen molar-refractivity contribution in [1.82, 2.24) is 9.38 Å². The van der Waals surface area contributed by atoms with Crippen LogP contribution >= 0.6 is 0 Å². The molecule has 0 aliphatic rings. The van der Waals surface area contributed by atoms with Gasteiger partial charge in [0.1, 0.15) is 23.0 Å². The van der Waals surface area contributed by atoms with Crippen LogP contribution in [0.3, 0.4) is 0 Å². The highest BCUT2D eigenvalue weighted by Gasteiger charge is 2.22. The molecule has 0 saturated carbocycles. The zero-order chi connectivity index (χ0) is 21.1. The number of imidazole rings is 1. The first-order chi connectivity index (χ1) is 14.7. The number of pyridine rings is 1. The van der Waals surface area contributed by atoms with E-state index in [1.807, 2.05) is 40.9 Å². The molecular weight excluding hydrogens is 385 g/mol. The van der Waals surface area contributed by atoms with E-state index in [9.17, 15) is 9.18 Å². The van der Waals surface area contributed by atoms with E-state index in [1.54, 1.807) is 37.3 Å². The number of rotatable bonds is 7. The van der Waals surface area contributed by atoms with Crippen molar-refractivity contribution >= 4 is 17.9 Å². The van der Waals surface area contributed by atoms with E-state index in [4.69, 9.17) is 9.47 Å². The zero-order valence-electron chi connectivity index (χ0n) is 16.6. The van der Waals surface area contributed by atoms with Crippen molar-refractivity contribution in [2.75, 3.05) is 19.1 Å². The number of nitrogens with zero attached hydrogens (tertiary/aromatic N) is 3. The summed E-state index contributed by atoms with van der Waals surface area (Å²) in [5, 5.41) is 0. The molecule has 4 aromatic rings. The van der Waals surface area contributed by atoms with Crippen molar-refractivity contribution in [2.24, 2.45) is 0 Å². The van der Waals surface area contributed by atoms with Crippen LogP contribution in [-0.2, 0) is 11.3 Å². The Morgan fingerprint density at radius 2 is 1.83 bits per heavy atom. The number of para-hydroxylation sites is 1. The van der Waals surface area contributed by atoms with Crippen LogP contribution in [0, 0.1) is 5.82 Å². The first kappa shape index (κ1) is 19.4. The lowest BCUT2D eigenvalue weighted by molar-refractivity contribution is -0.107. The van der Waals surface area contributed by atoms with Crippen LogP contribution in [0.15, 0.2) is 66.9 Å². The van der Waals surface area contributed by atoms with Gasteiger partial charge in [-0.05, 0) is 42.5 Å². The summed E-state index contributed by atoms with van der Waals surface area (Å²) in [6.45, 7) is 0.237. The summed E-state index contributed by atoms with van der Waals surface area (Å²) in [6, 6.07) is 17.1. The number of halogens is 1. The van der Waals surface area contributed by atoms with E-state index in [1.165, 1.54) is 12.1 Å². The Bertz CT molecular complexity index is 1190. The largest absolute Gasteiger partial charge is 0.493 e.